The van der Waals surface area contributed by atoms with Crippen LogP contribution < -0.4 is 5.32 Å². The van der Waals surface area contributed by atoms with Gasteiger partial charge in [0.15, 0.2) is 0 Å². The van der Waals surface area contributed by atoms with E-state index in [1.54, 1.807) is 17.4 Å². The molecule has 1 N–H and O–H groups in total. The molecule has 20 heavy (non-hydrogen) atoms. The average Bonchev–Trinajstić information content (AvgIpc) is 2.76. The fraction of sp³-hybridized carbons (Fsp3) is 0.286. The average molecular weight is 364 g/mol. The molecular formula is C14H13BrF3NS. The van der Waals surface area contributed by atoms with Gasteiger partial charge in [0.05, 0.1) is 11.6 Å². The summed E-state index contributed by atoms with van der Waals surface area (Å²) in [5, 5.41) is 4.90. The molecule has 0 amide bonds. The first-order chi connectivity index (χ1) is 9.29. The first kappa shape index (κ1) is 15.4. The lowest BCUT2D eigenvalue weighted by Gasteiger charge is -2.19. The van der Waals surface area contributed by atoms with Crippen molar-refractivity contribution in [3.63, 3.8) is 0 Å². The number of thiophene rings is 1. The van der Waals surface area contributed by atoms with Crippen molar-refractivity contribution in [3.05, 3.63) is 50.1 Å². The minimum Gasteiger partial charge on any atom is -0.377 e. The molecule has 0 aliphatic carbocycles. The van der Waals surface area contributed by atoms with Crippen molar-refractivity contribution in [2.24, 2.45) is 0 Å². The van der Waals surface area contributed by atoms with E-state index in [0.717, 1.165) is 16.5 Å². The van der Waals surface area contributed by atoms with E-state index < -0.39 is 11.7 Å². The number of alkyl halides is 3. The highest BCUT2D eigenvalue weighted by molar-refractivity contribution is 9.10. The van der Waals surface area contributed by atoms with Gasteiger partial charge in [0.25, 0.3) is 0 Å². The first-order valence-corrected chi connectivity index (χ1v) is 7.63. The smallest absolute Gasteiger partial charge is 0.377 e. The predicted octanol–water partition coefficient (Wildman–Crippen LogP) is 6.01. The molecule has 108 valence electrons. The Balaban J connectivity index is 2.32. The molecule has 1 aromatic heterocycles. The standard InChI is InChI=1S/C14H13BrF3NS/c1-8-5-6-20-13(8)9(2)19-12-4-3-10(15)7-11(12)14(16,17)18/h3-7,9,19H,1-2H3. The van der Waals surface area contributed by atoms with E-state index in [1.165, 1.54) is 6.07 Å². The van der Waals surface area contributed by atoms with Gasteiger partial charge in [-0.2, -0.15) is 13.2 Å². The van der Waals surface area contributed by atoms with E-state index >= 15 is 0 Å². The molecule has 1 aromatic carbocycles. The molecule has 0 saturated carbocycles. The van der Waals surface area contributed by atoms with E-state index in [2.05, 4.69) is 21.2 Å². The predicted molar refractivity (Wildman–Crippen MR) is 80.2 cm³/mol. The van der Waals surface area contributed by atoms with Crippen molar-refractivity contribution in [2.75, 3.05) is 5.32 Å². The van der Waals surface area contributed by atoms with Crippen molar-refractivity contribution in [1.82, 2.24) is 0 Å². The molecule has 1 nitrogen and oxygen atoms in total. The molecule has 2 aromatic rings. The SMILES string of the molecule is Cc1ccsc1C(C)Nc1ccc(Br)cc1C(F)(F)F. The van der Waals surface area contributed by atoms with Gasteiger partial charge in [-0.3, -0.25) is 0 Å². The zero-order valence-electron chi connectivity index (χ0n) is 10.9. The Morgan fingerprint density at radius 2 is 1.95 bits per heavy atom. The topological polar surface area (TPSA) is 12.0 Å². The van der Waals surface area contributed by atoms with Crippen LogP contribution in [0.4, 0.5) is 18.9 Å². The summed E-state index contributed by atoms with van der Waals surface area (Å²) in [6, 6.07) is 5.94. The van der Waals surface area contributed by atoms with Crippen molar-refractivity contribution in [2.45, 2.75) is 26.1 Å². The van der Waals surface area contributed by atoms with Gasteiger partial charge in [-0.15, -0.1) is 11.3 Å². The molecule has 1 heterocycles. The van der Waals surface area contributed by atoms with Crippen LogP contribution in [-0.4, -0.2) is 0 Å². The molecule has 0 spiro atoms. The summed E-state index contributed by atoms with van der Waals surface area (Å²) in [6.07, 6.45) is -4.38. The van der Waals surface area contributed by atoms with Gasteiger partial charge >= 0.3 is 6.18 Å². The summed E-state index contributed by atoms with van der Waals surface area (Å²) in [5.74, 6) is 0. The Bertz CT molecular complexity index is 607. The van der Waals surface area contributed by atoms with Crippen LogP contribution in [0.1, 0.15) is 29.0 Å². The molecule has 0 aliphatic rings. The number of benzene rings is 1. The van der Waals surface area contributed by atoms with Gasteiger partial charge < -0.3 is 5.32 Å². The number of nitrogens with one attached hydrogen (secondary N) is 1. The Morgan fingerprint density at radius 3 is 2.50 bits per heavy atom. The lowest BCUT2D eigenvalue weighted by atomic mass is 10.1. The minimum absolute atomic E-state index is 0.0981. The lowest BCUT2D eigenvalue weighted by molar-refractivity contribution is -0.137. The Morgan fingerprint density at radius 1 is 1.25 bits per heavy atom. The van der Waals surface area contributed by atoms with E-state index in [1.807, 2.05) is 25.3 Å². The molecule has 0 radical (unpaired) electrons. The van der Waals surface area contributed by atoms with Crippen molar-refractivity contribution in [1.29, 1.82) is 0 Å². The molecule has 0 fully saturated rings. The number of rotatable bonds is 3. The summed E-state index contributed by atoms with van der Waals surface area (Å²) < 4.78 is 39.5. The third-order valence-electron chi connectivity index (χ3n) is 2.95. The highest BCUT2D eigenvalue weighted by Gasteiger charge is 2.34. The van der Waals surface area contributed by atoms with Gasteiger partial charge in [-0.05, 0) is 49.1 Å². The summed E-state index contributed by atoms with van der Waals surface area (Å²) >= 11 is 4.62. The summed E-state index contributed by atoms with van der Waals surface area (Å²) in [4.78, 5) is 1.04. The second kappa shape index (κ2) is 5.77. The number of anilines is 1. The van der Waals surface area contributed by atoms with Crippen LogP contribution in [0.3, 0.4) is 0 Å². The Hall–Kier alpha value is -1.01. The molecule has 0 bridgehead atoms. The number of hydrogen-bond acceptors (Lipinski definition) is 2. The highest BCUT2D eigenvalue weighted by atomic mass is 79.9. The Labute approximate surface area is 128 Å². The first-order valence-electron chi connectivity index (χ1n) is 5.96. The van der Waals surface area contributed by atoms with Crippen LogP contribution in [0.25, 0.3) is 0 Å². The number of aryl methyl sites for hydroxylation is 1. The third kappa shape index (κ3) is 3.35. The molecule has 0 saturated heterocycles. The van der Waals surface area contributed by atoms with Crippen molar-refractivity contribution in [3.8, 4) is 0 Å². The minimum atomic E-state index is -4.38. The fourth-order valence-corrected chi connectivity index (χ4v) is 3.30. The maximum absolute atomic E-state index is 13.0. The molecule has 2 rings (SSSR count). The van der Waals surface area contributed by atoms with Gasteiger partial charge in [-0.1, -0.05) is 15.9 Å². The Kier molecular flexibility index (Phi) is 4.44. The second-order valence-electron chi connectivity index (χ2n) is 4.52. The summed E-state index contributed by atoms with van der Waals surface area (Å²) in [5.41, 5.74) is 0.523. The molecule has 1 atom stereocenters. The zero-order chi connectivity index (χ0) is 14.9. The van der Waals surface area contributed by atoms with Crippen LogP contribution in [0, 0.1) is 6.92 Å². The zero-order valence-corrected chi connectivity index (χ0v) is 13.3. The van der Waals surface area contributed by atoms with Gasteiger partial charge in [0.1, 0.15) is 0 Å². The number of hydrogen-bond donors (Lipinski definition) is 1. The summed E-state index contributed by atoms with van der Waals surface area (Å²) in [7, 11) is 0. The van der Waals surface area contributed by atoms with Gasteiger partial charge in [0.2, 0.25) is 0 Å². The molecule has 6 heteroatoms. The van der Waals surface area contributed by atoms with Crippen LogP contribution in [0.2, 0.25) is 0 Å². The second-order valence-corrected chi connectivity index (χ2v) is 6.38. The largest absolute Gasteiger partial charge is 0.418 e. The lowest BCUT2D eigenvalue weighted by Crippen LogP contribution is -2.13. The van der Waals surface area contributed by atoms with E-state index in [0.29, 0.717) is 4.47 Å². The summed E-state index contributed by atoms with van der Waals surface area (Å²) in [6.45, 7) is 3.82. The quantitative estimate of drug-likeness (QED) is 0.703. The van der Waals surface area contributed by atoms with E-state index in [4.69, 9.17) is 0 Å². The normalized spacial score (nSPS) is 13.3. The molecular weight excluding hydrogens is 351 g/mol. The van der Waals surface area contributed by atoms with E-state index in [9.17, 15) is 13.2 Å². The van der Waals surface area contributed by atoms with Crippen LogP contribution >= 0.6 is 27.3 Å². The molecule has 0 aliphatic heterocycles. The van der Waals surface area contributed by atoms with Crippen LogP contribution in [-0.2, 0) is 6.18 Å². The monoisotopic (exact) mass is 363 g/mol. The van der Waals surface area contributed by atoms with Gasteiger partial charge in [-0.25, -0.2) is 0 Å². The fourth-order valence-electron chi connectivity index (χ4n) is 2.00. The van der Waals surface area contributed by atoms with Crippen LogP contribution in [0.5, 0.6) is 0 Å². The maximum Gasteiger partial charge on any atom is 0.418 e. The number of halogens is 4. The van der Waals surface area contributed by atoms with E-state index in [-0.39, 0.29) is 11.7 Å². The maximum atomic E-state index is 13.0. The molecule has 1 unspecified atom stereocenters. The third-order valence-corrected chi connectivity index (χ3v) is 4.65. The van der Waals surface area contributed by atoms with Crippen molar-refractivity contribution < 1.29 is 13.2 Å². The highest BCUT2D eigenvalue weighted by Crippen LogP contribution is 2.38. The van der Waals surface area contributed by atoms with Gasteiger partial charge in [0, 0.05) is 15.0 Å². The van der Waals surface area contributed by atoms with Crippen molar-refractivity contribution >= 4 is 33.0 Å². The van der Waals surface area contributed by atoms with Crippen LogP contribution in [0.15, 0.2) is 34.1 Å².